The molecular weight excluding hydrogens is 237 g/mol. The number of phenolic OH excluding ortho intramolecular Hbond substituents is 1. The molecule has 0 radical (unpaired) electrons. The maximum Gasteiger partial charge on any atom is 0.346 e. The lowest BCUT2D eigenvalue weighted by atomic mass is 10.1. The number of hydrogen-bond acceptors (Lipinski definition) is 5. The molecule has 0 atom stereocenters. The Hall–Kier alpha value is -2.38. The molecule has 0 fully saturated rings. The van der Waals surface area contributed by atoms with Crippen LogP contribution in [-0.4, -0.2) is 28.2 Å². The van der Waals surface area contributed by atoms with Gasteiger partial charge in [-0.05, 0) is 6.92 Å². The van der Waals surface area contributed by atoms with Gasteiger partial charge in [0.1, 0.15) is 0 Å². The van der Waals surface area contributed by atoms with Crippen molar-refractivity contribution in [3.8, 4) is 11.5 Å². The van der Waals surface area contributed by atoms with E-state index in [0.29, 0.717) is 0 Å². The monoisotopic (exact) mass is 245 g/mol. The van der Waals surface area contributed by atoms with Crippen molar-refractivity contribution in [2.45, 2.75) is 6.92 Å². The second-order valence-corrected chi connectivity index (χ2v) is 3.11. The van der Waals surface area contributed by atoms with E-state index < -0.39 is 39.5 Å². The van der Waals surface area contributed by atoms with Crippen molar-refractivity contribution in [1.82, 2.24) is 0 Å². The molecular formula is C9H8FNO6. The van der Waals surface area contributed by atoms with Crippen molar-refractivity contribution in [3.05, 3.63) is 27.1 Å². The minimum Gasteiger partial charge on any atom is -0.505 e. The van der Waals surface area contributed by atoms with Gasteiger partial charge in [0.2, 0.25) is 5.75 Å². The molecule has 7 nitrogen and oxygen atoms in total. The highest BCUT2D eigenvalue weighted by atomic mass is 19.1. The average molecular weight is 245 g/mol. The Bertz CT molecular complexity index is 513. The third-order valence-corrected chi connectivity index (χ3v) is 2.18. The molecule has 0 saturated carbocycles. The zero-order valence-electron chi connectivity index (χ0n) is 8.85. The number of methoxy groups -OCH3 is 1. The molecule has 0 unspecified atom stereocenters. The molecule has 0 bridgehead atoms. The van der Waals surface area contributed by atoms with Gasteiger partial charge < -0.3 is 14.9 Å². The van der Waals surface area contributed by atoms with E-state index in [2.05, 4.69) is 4.74 Å². The number of aromatic hydroxyl groups is 1. The third-order valence-electron chi connectivity index (χ3n) is 2.18. The van der Waals surface area contributed by atoms with Gasteiger partial charge in [-0.25, -0.2) is 9.18 Å². The van der Waals surface area contributed by atoms with Gasteiger partial charge >= 0.3 is 11.7 Å². The fourth-order valence-corrected chi connectivity index (χ4v) is 1.40. The molecule has 0 spiro atoms. The molecule has 0 heterocycles. The van der Waals surface area contributed by atoms with Crippen LogP contribution in [0.15, 0.2) is 0 Å². The standard InChI is InChI=1S/C9H8FNO6/c1-3-7(12)5(10)4(9(13)14)6(11(15)16)8(3)17-2/h12H,1-2H3,(H,13,14). The fraction of sp³-hybridized carbons (Fsp3) is 0.222. The lowest BCUT2D eigenvalue weighted by Crippen LogP contribution is -2.09. The SMILES string of the molecule is COc1c(C)c(O)c(F)c(C(=O)O)c1[N+](=O)[O-]. The van der Waals surface area contributed by atoms with Crippen LogP contribution in [0.25, 0.3) is 0 Å². The Morgan fingerprint density at radius 3 is 2.41 bits per heavy atom. The number of aromatic carboxylic acids is 1. The van der Waals surface area contributed by atoms with E-state index in [1.165, 1.54) is 6.92 Å². The summed E-state index contributed by atoms with van der Waals surface area (Å²) in [4.78, 5) is 20.4. The zero-order valence-corrected chi connectivity index (χ0v) is 8.85. The summed E-state index contributed by atoms with van der Waals surface area (Å²) < 4.78 is 18.1. The Morgan fingerprint density at radius 2 is 2.06 bits per heavy atom. The van der Waals surface area contributed by atoms with Gasteiger partial charge in [-0.3, -0.25) is 10.1 Å². The van der Waals surface area contributed by atoms with E-state index in [9.17, 15) is 24.4 Å². The Morgan fingerprint density at radius 1 is 1.53 bits per heavy atom. The smallest absolute Gasteiger partial charge is 0.346 e. The number of ether oxygens (including phenoxy) is 1. The molecule has 92 valence electrons. The van der Waals surface area contributed by atoms with Crippen molar-refractivity contribution in [3.63, 3.8) is 0 Å². The summed E-state index contributed by atoms with van der Waals surface area (Å²) in [6, 6.07) is 0. The van der Waals surface area contributed by atoms with Crippen LogP contribution in [0.3, 0.4) is 0 Å². The average Bonchev–Trinajstić information content (AvgIpc) is 2.24. The molecule has 1 aromatic carbocycles. The summed E-state index contributed by atoms with van der Waals surface area (Å²) >= 11 is 0. The maximum absolute atomic E-state index is 13.5. The summed E-state index contributed by atoms with van der Waals surface area (Å²) in [5.74, 6) is -4.87. The van der Waals surface area contributed by atoms with Crippen molar-refractivity contribution in [2.24, 2.45) is 0 Å². The normalized spacial score (nSPS) is 10.1. The van der Waals surface area contributed by atoms with Crippen molar-refractivity contribution < 1.29 is 29.1 Å². The number of halogens is 1. The van der Waals surface area contributed by atoms with Gasteiger partial charge in [0.05, 0.1) is 12.0 Å². The molecule has 1 aromatic rings. The molecule has 17 heavy (non-hydrogen) atoms. The van der Waals surface area contributed by atoms with Crippen LogP contribution in [0.5, 0.6) is 11.5 Å². The Labute approximate surface area is 94.2 Å². The number of nitro groups is 1. The summed E-state index contributed by atoms with van der Waals surface area (Å²) in [5, 5.41) is 28.8. The number of nitrogens with zero attached hydrogens (tertiary/aromatic N) is 1. The third kappa shape index (κ3) is 1.84. The number of rotatable bonds is 3. The number of carboxylic acids is 1. The van der Waals surface area contributed by atoms with Gasteiger partial charge in [-0.15, -0.1) is 0 Å². The molecule has 8 heteroatoms. The summed E-state index contributed by atoms with van der Waals surface area (Å²) in [6.45, 7) is 1.18. The fourth-order valence-electron chi connectivity index (χ4n) is 1.40. The van der Waals surface area contributed by atoms with Gasteiger partial charge in [-0.2, -0.15) is 0 Å². The van der Waals surface area contributed by atoms with Crippen LogP contribution < -0.4 is 4.74 Å². The quantitative estimate of drug-likeness (QED) is 0.616. The predicted octanol–water partition coefficient (Wildman–Crippen LogP) is 1.45. The lowest BCUT2D eigenvalue weighted by molar-refractivity contribution is -0.386. The number of carbonyl (C=O) groups is 1. The highest BCUT2D eigenvalue weighted by molar-refractivity contribution is 5.95. The van der Waals surface area contributed by atoms with Crippen LogP contribution in [-0.2, 0) is 0 Å². The summed E-state index contributed by atoms with van der Waals surface area (Å²) in [5.41, 5.74) is -2.48. The molecule has 0 aromatic heterocycles. The van der Waals surface area contributed by atoms with E-state index in [4.69, 9.17) is 5.11 Å². The summed E-state index contributed by atoms with van der Waals surface area (Å²) in [7, 11) is 1.05. The second kappa shape index (κ2) is 4.24. The lowest BCUT2D eigenvalue weighted by Gasteiger charge is -2.10. The first-order chi connectivity index (χ1) is 7.82. The van der Waals surface area contributed by atoms with Gasteiger partial charge in [-0.1, -0.05) is 0 Å². The molecule has 0 saturated heterocycles. The second-order valence-electron chi connectivity index (χ2n) is 3.11. The van der Waals surface area contributed by atoms with Crippen LogP contribution in [0.2, 0.25) is 0 Å². The van der Waals surface area contributed by atoms with Crippen molar-refractivity contribution >= 4 is 11.7 Å². The highest BCUT2D eigenvalue weighted by Gasteiger charge is 2.34. The minimum absolute atomic E-state index is 0.235. The molecule has 2 N–H and O–H groups in total. The predicted molar refractivity (Wildman–Crippen MR) is 53.0 cm³/mol. The van der Waals surface area contributed by atoms with E-state index in [1.54, 1.807) is 0 Å². The number of carboxylic acid groups (broad SMARTS) is 1. The zero-order chi connectivity index (χ0) is 13.3. The minimum atomic E-state index is -1.86. The number of nitro benzene ring substituents is 1. The Kier molecular flexibility index (Phi) is 3.16. The van der Waals surface area contributed by atoms with Crippen LogP contribution in [0.1, 0.15) is 15.9 Å². The van der Waals surface area contributed by atoms with Crippen LogP contribution in [0.4, 0.5) is 10.1 Å². The van der Waals surface area contributed by atoms with E-state index in [0.717, 1.165) is 7.11 Å². The molecule has 1 rings (SSSR count). The number of benzene rings is 1. The Balaban J connectivity index is 3.86. The first-order valence-electron chi connectivity index (χ1n) is 4.29. The van der Waals surface area contributed by atoms with Crippen LogP contribution in [0, 0.1) is 22.9 Å². The molecule has 0 amide bonds. The van der Waals surface area contributed by atoms with Crippen molar-refractivity contribution in [2.75, 3.05) is 7.11 Å². The topological polar surface area (TPSA) is 110 Å². The summed E-state index contributed by atoms with van der Waals surface area (Å²) in [6.07, 6.45) is 0. The van der Waals surface area contributed by atoms with E-state index in [1.807, 2.05) is 0 Å². The van der Waals surface area contributed by atoms with Gasteiger partial charge in [0.15, 0.2) is 17.1 Å². The first-order valence-corrected chi connectivity index (χ1v) is 4.29. The first kappa shape index (κ1) is 12.7. The number of phenols is 1. The highest BCUT2D eigenvalue weighted by Crippen LogP contribution is 2.41. The maximum atomic E-state index is 13.5. The molecule has 0 aliphatic heterocycles. The van der Waals surface area contributed by atoms with E-state index >= 15 is 0 Å². The van der Waals surface area contributed by atoms with Crippen LogP contribution >= 0.6 is 0 Å². The van der Waals surface area contributed by atoms with Crippen molar-refractivity contribution in [1.29, 1.82) is 0 Å². The largest absolute Gasteiger partial charge is 0.505 e. The van der Waals surface area contributed by atoms with Gasteiger partial charge in [0.25, 0.3) is 0 Å². The van der Waals surface area contributed by atoms with E-state index in [-0.39, 0.29) is 5.56 Å². The molecule has 0 aliphatic rings. The molecule has 0 aliphatic carbocycles. The van der Waals surface area contributed by atoms with Gasteiger partial charge in [0, 0.05) is 5.56 Å². The number of hydrogen-bond donors (Lipinski definition) is 2.